The highest BCUT2D eigenvalue weighted by molar-refractivity contribution is 6.17. The van der Waals surface area contributed by atoms with Crippen molar-refractivity contribution >= 4 is 17.4 Å². The van der Waals surface area contributed by atoms with Crippen molar-refractivity contribution in [1.82, 2.24) is 14.5 Å². The van der Waals surface area contributed by atoms with Crippen molar-refractivity contribution in [2.75, 3.05) is 11.9 Å². The van der Waals surface area contributed by atoms with Crippen LogP contribution in [0.1, 0.15) is 22.6 Å². The minimum absolute atomic E-state index is 0.472. The molecule has 0 bridgehead atoms. The van der Waals surface area contributed by atoms with Crippen LogP contribution in [0.2, 0.25) is 0 Å². The molecule has 0 amide bonds. The van der Waals surface area contributed by atoms with Gasteiger partial charge in [0.1, 0.15) is 11.6 Å². The van der Waals surface area contributed by atoms with Gasteiger partial charge in [0, 0.05) is 37.7 Å². The fraction of sp³-hybridized carbons (Fsp3) is 0.429. The first-order valence-electron chi connectivity index (χ1n) is 6.23. The van der Waals surface area contributed by atoms with Crippen LogP contribution in [0.5, 0.6) is 0 Å². The number of pyridine rings is 1. The van der Waals surface area contributed by atoms with E-state index in [1.54, 1.807) is 6.20 Å². The number of halogens is 1. The largest absolute Gasteiger partial charge is 0.352 e. The summed E-state index contributed by atoms with van der Waals surface area (Å²) in [6, 6.07) is 2.07. The van der Waals surface area contributed by atoms with Gasteiger partial charge in [-0.1, -0.05) is 0 Å². The normalized spacial score (nSPS) is 10.8. The summed E-state index contributed by atoms with van der Waals surface area (Å²) in [4.78, 5) is 11.1. The van der Waals surface area contributed by atoms with Crippen molar-refractivity contribution in [2.45, 2.75) is 26.3 Å². The number of imidazole rings is 1. The maximum absolute atomic E-state index is 6.06. The van der Waals surface area contributed by atoms with Gasteiger partial charge in [-0.15, -0.1) is 11.6 Å². The molecule has 2 rings (SSSR count). The fourth-order valence-corrected chi connectivity index (χ4v) is 2.49. The van der Waals surface area contributed by atoms with Crippen LogP contribution in [0.15, 0.2) is 18.5 Å². The summed E-state index contributed by atoms with van der Waals surface area (Å²) in [7, 11) is 4.01. The van der Waals surface area contributed by atoms with Gasteiger partial charge in [-0.05, 0) is 25.5 Å². The number of aryl methyl sites for hydroxylation is 3. The average molecular weight is 279 g/mol. The Labute approximate surface area is 119 Å². The van der Waals surface area contributed by atoms with Crippen LogP contribution < -0.4 is 4.90 Å². The van der Waals surface area contributed by atoms with Crippen LogP contribution in [0.4, 0.5) is 5.82 Å². The van der Waals surface area contributed by atoms with Gasteiger partial charge in [0.2, 0.25) is 0 Å². The van der Waals surface area contributed by atoms with E-state index in [2.05, 4.69) is 27.9 Å². The SMILES string of the molecule is Cc1cc(C)c(CCl)c(N(C)Cc2nccn2C)n1. The van der Waals surface area contributed by atoms with E-state index in [-0.39, 0.29) is 0 Å². The third kappa shape index (κ3) is 2.89. The molecule has 19 heavy (non-hydrogen) atoms. The van der Waals surface area contributed by atoms with Crippen LogP contribution in [-0.2, 0) is 19.5 Å². The molecule has 0 radical (unpaired) electrons. The summed E-state index contributed by atoms with van der Waals surface area (Å²) in [5, 5.41) is 0. The molecule has 0 aliphatic rings. The molecule has 0 unspecified atom stereocenters. The van der Waals surface area contributed by atoms with Crippen LogP contribution in [0.3, 0.4) is 0 Å². The van der Waals surface area contributed by atoms with E-state index in [0.29, 0.717) is 12.4 Å². The predicted octanol–water partition coefficient (Wildman–Crippen LogP) is 2.81. The number of nitrogens with zero attached hydrogens (tertiary/aromatic N) is 4. The van der Waals surface area contributed by atoms with E-state index >= 15 is 0 Å². The monoisotopic (exact) mass is 278 g/mol. The molecular formula is C14H19ClN4. The summed E-state index contributed by atoms with van der Waals surface area (Å²) in [5.74, 6) is 2.42. The lowest BCUT2D eigenvalue weighted by atomic mass is 10.1. The topological polar surface area (TPSA) is 34.0 Å². The average Bonchev–Trinajstić information content (AvgIpc) is 2.74. The zero-order valence-electron chi connectivity index (χ0n) is 11.8. The van der Waals surface area contributed by atoms with Crippen molar-refractivity contribution in [2.24, 2.45) is 7.05 Å². The van der Waals surface area contributed by atoms with Gasteiger partial charge >= 0.3 is 0 Å². The maximum Gasteiger partial charge on any atom is 0.133 e. The molecular weight excluding hydrogens is 260 g/mol. The number of anilines is 1. The lowest BCUT2D eigenvalue weighted by Crippen LogP contribution is -2.22. The molecule has 0 spiro atoms. The number of rotatable bonds is 4. The lowest BCUT2D eigenvalue weighted by Gasteiger charge is -2.22. The molecule has 5 heteroatoms. The van der Waals surface area contributed by atoms with Crippen LogP contribution in [-0.4, -0.2) is 21.6 Å². The minimum atomic E-state index is 0.472. The standard InChI is InChI=1S/C14H19ClN4/c1-10-7-11(2)17-14(12(10)8-15)19(4)9-13-16-5-6-18(13)3/h5-7H,8-9H2,1-4H3. The second-order valence-corrected chi connectivity index (χ2v) is 5.09. The Morgan fingerprint density at radius 1 is 1.37 bits per heavy atom. The number of aromatic nitrogens is 3. The van der Waals surface area contributed by atoms with Crippen molar-refractivity contribution in [3.8, 4) is 0 Å². The highest BCUT2D eigenvalue weighted by Gasteiger charge is 2.14. The van der Waals surface area contributed by atoms with Crippen molar-refractivity contribution in [1.29, 1.82) is 0 Å². The van der Waals surface area contributed by atoms with E-state index in [4.69, 9.17) is 11.6 Å². The highest BCUT2D eigenvalue weighted by Crippen LogP contribution is 2.24. The first kappa shape index (κ1) is 13.9. The first-order chi connectivity index (χ1) is 9.02. The number of hydrogen-bond donors (Lipinski definition) is 0. The zero-order chi connectivity index (χ0) is 14.0. The molecule has 2 aromatic heterocycles. The molecule has 0 aromatic carbocycles. The van der Waals surface area contributed by atoms with Gasteiger partial charge < -0.3 is 9.47 Å². The van der Waals surface area contributed by atoms with Crippen molar-refractivity contribution < 1.29 is 0 Å². The van der Waals surface area contributed by atoms with E-state index in [0.717, 1.165) is 22.9 Å². The molecule has 2 heterocycles. The summed E-state index contributed by atoms with van der Waals surface area (Å²) >= 11 is 6.06. The molecule has 4 nitrogen and oxygen atoms in total. The predicted molar refractivity (Wildman–Crippen MR) is 78.6 cm³/mol. The molecule has 0 saturated carbocycles. The quantitative estimate of drug-likeness (QED) is 0.807. The molecule has 0 aliphatic carbocycles. The lowest BCUT2D eigenvalue weighted by molar-refractivity contribution is 0.752. The van der Waals surface area contributed by atoms with Gasteiger partial charge in [0.25, 0.3) is 0 Å². The van der Waals surface area contributed by atoms with E-state index in [1.165, 1.54) is 5.56 Å². The molecule has 0 saturated heterocycles. The third-order valence-corrected chi connectivity index (χ3v) is 3.52. The number of alkyl halides is 1. The molecule has 0 atom stereocenters. The summed E-state index contributed by atoms with van der Waals surface area (Å²) in [5.41, 5.74) is 3.28. The third-order valence-electron chi connectivity index (χ3n) is 3.25. The Morgan fingerprint density at radius 2 is 2.11 bits per heavy atom. The molecule has 2 aromatic rings. The summed E-state index contributed by atoms with van der Waals surface area (Å²) in [6.07, 6.45) is 3.75. The van der Waals surface area contributed by atoms with Gasteiger partial charge in [0.15, 0.2) is 0 Å². The number of hydrogen-bond acceptors (Lipinski definition) is 3. The fourth-order valence-electron chi connectivity index (χ4n) is 2.16. The van der Waals surface area contributed by atoms with E-state index in [1.807, 2.05) is 31.8 Å². The van der Waals surface area contributed by atoms with Gasteiger partial charge in [-0.25, -0.2) is 9.97 Å². The Morgan fingerprint density at radius 3 is 2.68 bits per heavy atom. The maximum atomic E-state index is 6.06. The van der Waals surface area contributed by atoms with Gasteiger partial charge in [-0.2, -0.15) is 0 Å². The van der Waals surface area contributed by atoms with Crippen LogP contribution >= 0.6 is 11.6 Å². The van der Waals surface area contributed by atoms with Crippen LogP contribution in [0, 0.1) is 13.8 Å². The van der Waals surface area contributed by atoms with Gasteiger partial charge in [0.05, 0.1) is 12.4 Å². The Kier molecular flexibility index (Phi) is 4.10. The van der Waals surface area contributed by atoms with Crippen molar-refractivity contribution in [3.05, 3.63) is 41.1 Å². The Bertz CT molecular complexity index is 577. The smallest absolute Gasteiger partial charge is 0.133 e. The molecule has 0 fully saturated rings. The minimum Gasteiger partial charge on any atom is -0.352 e. The second-order valence-electron chi connectivity index (χ2n) is 4.83. The molecule has 102 valence electrons. The van der Waals surface area contributed by atoms with Gasteiger partial charge in [-0.3, -0.25) is 0 Å². The second kappa shape index (κ2) is 5.61. The highest BCUT2D eigenvalue weighted by atomic mass is 35.5. The molecule has 0 N–H and O–H groups in total. The summed E-state index contributed by atoms with van der Waals surface area (Å²) < 4.78 is 2.01. The van der Waals surface area contributed by atoms with Crippen molar-refractivity contribution in [3.63, 3.8) is 0 Å². The van der Waals surface area contributed by atoms with E-state index in [9.17, 15) is 0 Å². The zero-order valence-corrected chi connectivity index (χ0v) is 12.6. The Balaban J connectivity index is 2.33. The first-order valence-corrected chi connectivity index (χ1v) is 6.76. The van der Waals surface area contributed by atoms with Crippen LogP contribution in [0.25, 0.3) is 0 Å². The molecule has 0 aliphatic heterocycles. The summed E-state index contributed by atoms with van der Waals surface area (Å²) in [6.45, 7) is 4.79. The Hall–Kier alpha value is -1.55. The van der Waals surface area contributed by atoms with E-state index < -0.39 is 0 Å².